The van der Waals surface area contributed by atoms with E-state index in [4.69, 9.17) is 14.2 Å². The molecule has 180 valence electrons. The van der Waals surface area contributed by atoms with Crippen LogP contribution in [0.1, 0.15) is 31.9 Å². The predicted molar refractivity (Wildman–Crippen MR) is 133 cm³/mol. The summed E-state index contributed by atoms with van der Waals surface area (Å²) in [6, 6.07) is 8.90. The largest absolute Gasteiger partial charge is 0.461 e. The molecule has 1 aromatic carbocycles. The first kappa shape index (κ1) is 26.9. The zero-order valence-corrected chi connectivity index (χ0v) is 22.3. The zero-order valence-electron chi connectivity index (χ0n) is 20.4. The topological polar surface area (TPSA) is 65.1 Å². The second kappa shape index (κ2) is 11.2. The molecule has 1 heterocycles. The highest BCUT2D eigenvalue weighted by molar-refractivity contribution is 7.84. The van der Waals surface area contributed by atoms with Gasteiger partial charge in [0.25, 0.3) is 0 Å². The summed E-state index contributed by atoms with van der Waals surface area (Å²) in [6.45, 7) is 18.5. The Kier molecular flexibility index (Phi) is 9.43. The Morgan fingerprint density at radius 3 is 2.34 bits per heavy atom. The van der Waals surface area contributed by atoms with Crippen LogP contribution in [0.15, 0.2) is 36.9 Å². The van der Waals surface area contributed by atoms with E-state index in [9.17, 15) is 9.00 Å². The lowest BCUT2D eigenvalue weighted by Crippen LogP contribution is -2.62. The van der Waals surface area contributed by atoms with Gasteiger partial charge in [-0.1, -0.05) is 56.6 Å². The number of hydrogen-bond acceptors (Lipinski definition) is 5. The molecule has 0 aromatic heterocycles. The Labute approximate surface area is 196 Å². The summed E-state index contributed by atoms with van der Waals surface area (Å²) in [7, 11) is -2.49. The Morgan fingerprint density at radius 1 is 1.25 bits per heavy atom. The summed E-state index contributed by atoms with van der Waals surface area (Å²) < 4.78 is 31.8. The third kappa shape index (κ3) is 7.35. The number of rotatable bonds is 12. The van der Waals surface area contributed by atoms with Crippen molar-refractivity contribution < 1.29 is 23.2 Å². The lowest BCUT2D eigenvalue weighted by atomic mass is 9.87. The summed E-state index contributed by atoms with van der Waals surface area (Å²) in [5.41, 5.74) is 1.37. The molecule has 1 aliphatic heterocycles. The highest BCUT2D eigenvalue weighted by Crippen LogP contribution is 2.39. The number of ether oxygens (including phenoxy) is 3. The van der Waals surface area contributed by atoms with Gasteiger partial charge in [-0.05, 0) is 37.9 Å². The normalized spacial score (nSPS) is 17.0. The number of nitrogens with zero attached hydrogens (tertiary/aromatic N) is 1. The first-order valence-electron chi connectivity index (χ1n) is 11.1. The number of carbonyl (C=O) groups is 1. The Morgan fingerprint density at radius 2 is 1.88 bits per heavy atom. The molecule has 8 heteroatoms. The minimum absolute atomic E-state index is 0.203. The molecule has 1 aromatic rings. The number of esters is 1. The van der Waals surface area contributed by atoms with Crippen LogP contribution in [0, 0.1) is 0 Å². The van der Waals surface area contributed by atoms with E-state index < -0.39 is 29.3 Å². The van der Waals surface area contributed by atoms with Crippen LogP contribution in [0.5, 0.6) is 0 Å². The smallest absolute Gasteiger partial charge is 0.310 e. The summed E-state index contributed by atoms with van der Waals surface area (Å²) in [5, 5.41) is 0. The molecule has 1 aliphatic rings. The maximum Gasteiger partial charge on any atom is 0.310 e. The molecule has 6 nitrogen and oxygen atoms in total. The summed E-state index contributed by atoms with van der Waals surface area (Å²) >= 11 is 0. The molecular weight excluding hydrogens is 442 g/mol. The molecular formula is C24H39NO5SSi. The molecule has 1 fully saturated rings. The van der Waals surface area contributed by atoms with Crippen molar-refractivity contribution in [1.29, 1.82) is 0 Å². The highest BCUT2D eigenvalue weighted by Gasteiger charge is 2.50. The van der Waals surface area contributed by atoms with E-state index in [0.717, 1.165) is 17.2 Å². The lowest BCUT2D eigenvalue weighted by molar-refractivity contribution is -0.141. The average Bonchev–Trinajstić information content (AvgIpc) is 2.66. The number of benzene rings is 1. The first-order chi connectivity index (χ1) is 14.9. The second-order valence-electron chi connectivity index (χ2n) is 10.5. The molecule has 1 saturated heterocycles. The fraction of sp³-hybridized carbons (Fsp3) is 0.625. The highest BCUT2D eigenvalue weighted by atomic mass is 32.2. The molecule has 32 heavy (non-hydrogen) atoms. The second-order valence-corrected chi connectivity index (χ2v) is 18.2. The van der Waals surface area contributed by atoms with Gasteiger partial charge in [0.2, 0.25) is 0 Å². The third-order valence-corrected chi connectivity index (χ3v) is 8.90. The van der Waals surface area contributed by atoms with E-state index in [1.165, 1.54) is 0 Å². The molecule has 0 saturated carbocycles. The standard InChI is InChI=1S/C24H39NO5SSi/c1-8-13-30-22(26)16-20-9-11-21(12-10-20)24(17-29-18-24)25(31(27)23(2,3)4)19-28-14-15-32(5,6)7/h8-12H,1,13-19H2,2-7H3. The van der Waals surface area contributed by atoms with E-state index >= 15 is 0 Å². The van der Waals surface area contributed by atoms with E-state index in [2.05, 4.69) is 26.2 Å². The summed E-state index contributed by atoms with van der Waals surface area (Å²) in [4.78, 5) is 11.9. The van der Waals surface area contributed by atoms with Gasteiger partial charge in [0.05, 0.1) is 24.4 Å². The maximum atomic E-state index is 13.5. The third-order valence-electron chi connectivity index (χ3n) is 5.29. The molecule has 0 aliphatic carbocycles. The lowest BCUT2D eigenvalue weighted by Gasteiger charge is -2.50. The molecule has 0 amide bonds. The van der Waals surface area contributed by atoms with E-state index in [1.807, 2.05) is 49.3 Å². The number of hydrogen-bond donors (Lipinski definition) is 0. The average molecular weight is 482 g/mol. The Bertz CT molecular complexity index is 794. The van der Waals surface area contributed by atoms with Gasteiger partial charge in [-0.25, -0.2) is 4.21 Å². The SMILES string of the molecule is C=CCOC(=O)Cc1ccc(C2(N(COCC[Si](C)(C)C)S(=O)C(C)(C)C)COC2)cc1. The molecule has 1 atom stereocenters. The number of carbonyl (C=O) groups excluding carboxylic acids is 1. The zero-order chi connectivity index (χ0) is 24.0. The van der Waals surface area contributed by atoms with Crippen molar-refractivity contribution in [2.45, 2.75) is 63.2 Å². The fourth-order valence-electron chi connectivity index (χ4n) is 3.24. The molecule has 2 rings (SSSR count). The molecule has 1 unspecified atom stereocenters. The molecule has 0 N–H and O–H groups in total. The van der Waals surface area contributed by atoms with Gasteiger partial charge in [0, 0.05) is 14.7 Å². The monoisotopic (exact) mass is 481 g/mol. The van der Waals surface area contributed by atoms with Crippen LogP contribution in [0.3, 0.4) is 0 Å². The molecule has 0 bridgehead atoms. The van der Waals surface area contributed by atoms with E-state index in [0.29, 0.717) is 19.8 Å². The summed E-state index contributed by atoms with van der Waals surface area (Å²) in [5.74, 6) is -0.286. The fourth-order valence-corrected chi connectivity index (χ4v) is 5.36. The maximum absolute atomic E-state index is 13.5. The van der Waals surface area contributed by atoms with Crippen molar-refractivity contribution in [3.63, 3.8) is 0 Å². The van der Waals surface area contributed by atoms with Crippen molar-refractivity contribution >= 4 is 25.0 Å². The van der Waals surface area contributed by atoms with Gasteiger partial charge in [-0.15, -0.1) is 0 Å². The molecule has 0 radical (unpaired) electrons. The minimum atomic E-state index is -1.28. The van der Waals surface area contributed by atoms with E-state index in [1.54, 1.807) is 6.08 Å². The van der Waals surface area contributed by atoms with Crippen molar-refractivity contribution in [3.05, 3.63) is 48.0 Å². The van der Waals surface area contributed by atoms with Crippen LogP contribution in [0.25, 0.3) is 0 Å². The van der Waals surface area contributed by atoms with Crippen LogP contribution in [0.2, 0.25) is 25.7 Å². The van der Waals surface area contributed by atoms with Crippen molar-refractivity contribution in [2.24, 2.45) is 0 Å². The van der Waals surface area contributed by atoms with E-state index in [-0.39, 0.29) is 25.7 Å². The van der Waals surface area contributed by atoms with Crippen LogP contribution >= 0.6 is 0 Å². The van der Waals surface area contributed by atoms with Gasteiger partial charge < -0.3 is 14.2 Å². The van der Waals surface area contributed by atoms with Gasteiger partial charge >= 0.3 is 5.97 Å². The Balaban J connectivity index is 2.20. The van der Waals surface area contributed by atoms with Crippen LogP contribution < -0.4 is 0 Å². The first-order valence-corrected chi connectivity index (χ1v) is 15.9. The van der Waals surface area contributed by atoms with Crippen molar-refractivity contribution in [3.8, 4) is 0 Å². The van der Waals surface area contributed by atoms with Crippen molar-refractivity contribution in [2.75, 3.05) is 33.2 Å². The van der Waals surface area contributed by atoms with Gasteiger partial charge in [-0.3, -0.25) is 4.79 Å². The van der Waals surface area contributed by atoms with Crippen LogP contribution in [-0.4, -0.2) is 60.5 Å². The van der Waals surface area contributed by atoms with Gasteiger partial charge in [0.15, 0.2) is 0 Å². The Hall–Kier alpha value is -1.32. The predicted octanol–water partition coefficient (Wildman–Crippen LogP) is 4.26. The van der Waals surface area contributed by atoms with Gasteiger partial charge in [-0.2, -0.15) is 4.31 Å². The van der Waals surface area contributed by atoms with Crippen LogP contribution in [0.4, 0.5) is 0 Å². The van der Waals surface area contributed by atoms with Crippen LogP contribution in [-0.2, 0) is 42.0 Å². The minimum Gasteiger partial charge on any atom is -0.461 e. The van der Waals surface area contributed by atoms with Crippen molar-refractivity contribution in [1.82, 2.24) is 4.31 Å². The quantitative estimate of drug-likeness (QED) is 0.147. The molecule has 0 spiro atoms. The van der Waals surface area contributed by atoms with Gasteiger partial charge in [0.1, 0.15) is 29.9 Å². The summed E-state index contributed by atoms with van der Waals surface area (Å²) in [6.07, 6.45) is 1.76.